The van der Waals surface area contributed by atoms with Crippen LogP contribution in [-0.4, -0.2) is 25.8 Å². The maximum absolute atomic E-state index is 9.04. The third-order valence-electron chi connectivity index (χ3n) is 2.09. The van der Waals surface area contributed by atoms with Gasteiger partial charge in [0.1, 0.15) is 5.69 Å². The molecule has 8 nitrogen and oxygen atoms in total. The summed E-state index contributed by atoms with van der Waals surface area (Å²) in [6.07, 6.45) is 0.511. The number of nitrogens with two attached hydrogens (primary N) is 2. The number of H-pyrrole nitrogens is 1. The molecule has 0 aliphatic carbocycles. The molecule has 0 aliphatic heterocycles. The van der Waals surface area contributed by atoms with E-state index in [2.05, 4.69) is 20.6 Å². The van der Waals surface area contributed by atoms with Crippen molar-refractivity contribution in [3.63, 3.8) is 0 Å². The van der Waals surface area contributed by atoms with Crippen molar-refractivity contribution < 1.29 is 5.21 Å². The first-order chi connectivity index (χ1) is 7.66. The zero-order chi connectivity index (χ0) is 11.5. The lowest BCUT2D eigenvalue weighted by atomic mass is 10.1. The predicted molar refractivity (Wildman–Crippen MR) is 56.3 cm³/mol. The average Bonchev–Trinajstić information content (AvgIpc) is 2.70. The summed E-state index contributed by atoms with van der Waals surface area (Å²) in [6, 6.07) is 5.09. The Balaban J connectivity index is 2.21. The molecule has 1 aromatic carbocycles. The number of hydrazine groups is 1. The van der Waals surface area contributed by atoms with Crippen molar-refractivity contribution in [2.24, 2.45) is 5.84 Å². The van der Waals surface area contributed by atoms with Gasteiger partial charge in [-0.15, -0.1) is 10.2 Å². The fourth-order valence-corrected chi connectivity index (χ4v) is 1.36. The SMILES string of the molecule is Nc1cc(Cc2nn[nH]n2)ccc1N(N)O. The van der Waals surface area contributed by atoms with Crippen LogP contribution in [0.4, 0.5) is 11.4 Å². The number of nitrogens with one attached hydrogen (secondary N) is 1. The van der Waals surface area contributed by atoms with Gasteiger partial charge in [-0.1, -0.05) is 11.3 Å². The largest absolute Gasteiger partial charge is 0.397 e. The van der Waals surface area contributed by atoms with Gasteiger partial charge >= 0.3 is 0 Å². The van der Waals surface area contributed by atoms with Crippen molar-refractivity contribution in [2.75, 3.05) is 10.9 Å². The molecule has 2 aromatic rings. The molecule has 0 amide bonds. The molecular weight excluding hydrogens is 210 g/mol. The van der Waals surface area contributed by atoms with Gasteiger partial charge in [0.15, 0.2) is 5.82 Å². The second-order valence-electron chi connectivity index (χ2n) is 3.24. The first-order valence-corrected chi connectivity index (χ1v) is 4.51. The highest BCUT2D eigenvalue weighted by Crippen LogP contribution is 2.22. The summed E-state index contributed by atoms with van der Waals surface area (Å²) < 4.78 is 0. The Morgan fingerprint density at radius 3 is 2.81 bits per heavy atom. The first-order valence-electron chi connectivity index (χ1n) is 4.51. The normalized spacial score (nSPS) is 10.4. The first kappa shape index (κ1) is 10.3. The maximum Gasteiger partial charge on any atom is 0.178 e. The highest BCUT2D eigenvalue weighted by Gasteiger charge is 2.06. The summed E-state index contributed by atoms with van der Waals surface area (Å²) >= 11 is 0. The Labute approximate surface area is 90.8 Å². The fourth-order valence-electron chi connectivity index (χ4n) is 1.36. The fraction of sp³-hybridized carbons (Fsp3) is 0.125. The molecule has 84 valence electrons. The molecule has 0 bridgehead atoms. The Bertz CT molecular complexity index is 467. The number of hydrogen-bond acceptors (Lipinski definition) is 7. The number of nitrogens with zero attached hydrogens (tertiary/aromatic N) is 4. The minimum atomic E-state index is 0.344. The predicted octanol–water partition coefficient (Wildman–Crippen LogP) is -0.558. The second kappa shape index (κ2) is 4.13. The lowest BCUT2D eigenvalue weighted by Crippen LogP contribution is -2.26. The van der Waals surface area contributed by atoms with E-state index in [1.54, 1.807) is 18.2 Å². The van der Waals surface area contributed by atoms with Crippen LogP contribution >= 0.6 is 0 Å². The van der Waals surface area contributed by atoms with Gasteiger partial charge in [0.05, 0.1) is 5.69 Å². The number of aromatic nitrogens is 4. The van der Waals surface area contributed by atoms with Crippen LogP contribution in [0.1, 0.15) is 11.4 Å². The third kappa shape index (κ3) is 2.07. The minimum absolute atomic E-state index is 0.344. The highest BCUT2D eigenvalue weighted by molar-refractivity contribution is 5.66. The lowest BCUT2D eigenvalue weighted by Gasteiger charge is -2.12. The van der Waals surface area contributed by atoms with Gasteiger partial charge in [0, 0.05) is 6.42 Å². The maximum atomic E-state index is 9.04. The smallest absolute Gasteiger partial charge is 0.178 e. The van der Waals surface area contributed by atoms with Crippen LogP contribution in [0.3, 0.4) is 0 Å². The number of anilines is 2. The Hall–Kier alpha value is -2.19. The number of tetrazole rings is 1. The summed E-state index contributed by atoms with van der Waals surface area (Å²) in [7, 11) is 0. The Morgan fingerprint density at radius 2 is 2.25 bits per heavy atom. The van der Waals surface area contributed by atoms with Gasteiger partial charge in [-0.2, -0.15) is 10.4 Å². The molecule has 2 rings (SSSR count). The molecular formula is C8H11N7O. The topological polar surface area (TPSA) is 130 Å². The number of nitrogen functional groups attached to an aromatic ring is 1. The molecule has 0 unspecified atom stereocenters. The molecule has 0 aliphatic rings. The van der Waals surface area contributed by atoms with E-state index >= 15 is 0 Å². The Morgan fingerprint density at radius 1 is 1.44 bits per heavy atom. The molecule has 0 saturated carbocycles. The Kier molecular flexibility index (Phi) is 2.66. The summed E-state index contributed by atoms with van der Waals surface area (Å²) in [4.78, 5) is 0. The number of rotatable bonds is 3. The molecule has 8 heteroatoms. The van der Waals surface area contributed by atoms with Crippen molar-refractivity contribution >= 4 is 11.4 Å². The molecule has 1 aromatic heterocycles. The quantitative estimate of drug-likeness (QED) is 0.310. The van der Waals surface area contributed by atoms with E-state index in [9.17, 15) is 0 Å². The summed E-state index contributed by atoms with van der Waals surface area (Å²) in [5.74, 6) is 5.74. The van der Waals surface area contributed by atoms with E-state index in [-0.39, 0.29) is 0 Å². The lowest BCUT2D eigenvalue weighted by molar-refractivity contribution is 0.258. The molecule has 16 heavy (non-hydrogen) atoms. The summed E-state index contributed by atoms with van der Waals surface area (Å²) in [5.41, 5.74) is 7.34. The van der Waals surface area contributed by atoms with Gasteiger partial charge < -0.3 is 5.73 Å². The third-order valence-corrected chi connectivity index (χ3v) is 2.09. The van der Waals surface area contributed by atoms with Crippen molar-refractivity contribution in [3.8, 4) is 0 Å². The molecule has 0 saturated heterocycles. The molecule has 6 N–H and O–H groups in total. The van der Waals surface area contributed by atoms with Gasteiger partial charge in [-0.05, 0) is 17.7 Å². The monoisotopic (exact) mass is 221 g/mol. The zero-order valence-corrected chi connectivity index (χ0v) is 8.33. The number of hydrogen-bond donors (Lipinski definition) is 4. The van der Waals surface area contributed by atoms with Crippen molar-refractivity contribution in [3.05, 3.63) is 29.6 Å². The van der Waals surface area contributed by atoms with Crippen LogP contribution in [0.5, 0.6) is 0 Å². The highest BCUT2D eigenvalue weighted by atomic mass is 16.5. The van der Waals surface area contributed by atoms with E-state index in [1.807, 2.05) is 0 Å². The van der Waals surface area contributed by atoms with E-state index in [0.29, 0.717) is 28.8 Å². The molecule has 1 heterocycles. The summed E-state index contributed by atoms with van der Waals surface area (Å²) in [6.45, 7) is 0. The van der Waals surface area contributed by atoms with Crippen molar-refractivity contribution in [1.82, 2.24) is 20.6 Å². The van der Waals surface area contributed by atoms with Gasteiger partial charge in [0.25, 0.3) is 0 Å². The van der Waals surface area contributed by atoms with Crippen molar-refractivity contribution in [2.45, 2.75) is 6.42 Å². The second-order valence-corrected chi connectivity index (χ2v) is 3.24. The van der Waals surface area contributed by atoms with Crippen LogP contribution < -0.4 is 16.7 Å². The molecule has 0 fully saturated rings. The van der Waals surface area contributed by atoms with E-state index in [4.69, 9.17) is 16.8 Å². The van der Waals surface area contributed by atoms with Crippen LogP contribution in [-0.2, 0) is 6.42 Å². The number of aromatic amines is 1. The van der Waals surface area contributed by atoms with Gasteiger partial charge in [-0.25, -0.2) is 5.84 Å². The van der Waals surface area contributed by atoms with Crippen LogP contribution in [0, 0.1) is 0 Å². The van der Waals surface area contributed by atoms with E-state index in [0.717, 1.165) is 5.56 Å². The van der Waals surface area contributed by atoms with Crippen LogP contribution in [0.15, 0.2) is 18.2 Å². The number of benzene rings is 1. The average molecular weight is 221 g/mol. The molecule has 0 radical (unpaired) electrons. The van der Waals surface area contributed by atoms with Crippen LogP contribution in [0.25, 0.3) is 0 Å². The van der Waals surface area contributed by atoms with Crippen LogP contribution in [0.2, 0.25) is 0 Å². The zero-order valence-electron chi connectivity index (χ0n) is 8.33. The molecule has 0 atom stereocenters. The summed E-state index contributed by atoms with van der Waals surface area (Å²) in [5, 5.41) is 23.0. The van der Waals surface area contributed by atoms with E-state index in [1.165, 1.54) is 0 Å². The van der Waals surface area contributed by atoms with Gasteiger partial charge in [0.2, 0.25) is 0 Å². The van der Waals surface area contributed by atoms with Crippen molar-refractivity contribution in [1.29, 1.82) is 0 Å². The van der Waals surface area contributed by atoms with E-state index < -0.39 is 0 Å². The molecule has 0 spiro atoms. The standard InChI is InChI=1S/C8H11N7O/c9-6-3-5(1-2-7(6)15(10)16)4-8-11-13-14-12-8/h1-3,16H,4,9-10H2,(H,11,12,13,14). The minimum Gasteiger partial charge on any atom is -0.397 e. The van der Waals surface area contributed by atoms with Gasteiger partial charge in [-0.3, -0.25) is 5.21 Å².